The largest absolute Gasteiger partial charge is 0.298 e. The number of amides is 1. The summed E-state index contributed by atoms with van der Waals surface area (Å²) in [7, 11) is 0. The van der Waals surface area contributed by atoms with Crippen molar-refractivity contribution >= 4 is 34.0 Å². The SMILES string of the molecule is CCCc1sc(NC(=O)c2ccc(Cl)cc2)nc1-c1ccc(F)cc1. The van der Waals surface area contributed by atoms with Crippen LogP contribution in [0.4, 0.5) is 9.52 Å². The van der Waals surface area contributed by atoms with Gasteiger partial charge in [-0.1, -0.05) is 24.9 Å². The summed E-state index contributed by atoms with van der Waals surface area (Å²) in [4.78, 5) is 18.0. The number of nitrogens with one attached hydrogen (secondary N) is 1. The van der Waals surface area contributed by atoms with E-state index in [0.29, 0.717) is 15.7 Å². The van der Waals surface area contributed by atoms with Gasteiger partial charge in [-0.2, -0.15) is 0 Å². The maximum absolute atomic E-state index is 13.2. The first-order valence-corrected chi connectivity index (χ1v) is 9.09. The first kappa shape index (κ1) is 17.6. The van der Waals surface area contributed by atoms with E-state index in [-0.39, 0.29) is 11.7 Å². The molecule has 6 heteroatoms. The van der Waals surface area contributed by atoms with Crippen molar-refractivity contribution in [3.05, 3.63) is 69.8 Å². The number of hydrogen-bond donors (Lipinski definition) is 1. The number of carbonyl (C=O) groups excluding carboxylic acids is 1. The maximum Gasteiger partial charge on any atom is 0.257 e. The molecule has 3 rings (SSSR count). The molecule has 0 aliphatic carbocycles. The predicted octanol–water partition coefficient (Wildman–Crippen LogP) is 5.81. The number of carbonyl (C=O) groups is 1. The summed E-state index contributed by atoms with van der Waals surface area (Å²) in [5, 5.41) is 3.94. The lowest BCUT2D eigenvalue weighted by Crippen LogP contribution is -2.11. The Hall–Kier alpha value is -2.24. The van der Waals surface area contributed by atoms with E-state index < -0.39 is 0 Å². The Morgan fingerprint density at radius 3 is 2.48 bits per heavy atom. The quantitative estimate of drug-likeness (QED) is 0.612. The number of aromatic nitrogens is 1. The molecule has 0 fully saturated rings. The summed E-state index contributed by atoms with van der Waals surface area (Å²) in [6.45, 7) is 2.08. The molecular weight excluding hydrogens is 359 g/mol. The highest BCUT2D eigenvalue weighted by atomic mass is 35.5. The lowest BCUT2D eigenvalue weighted by molar-refractivity contribution is 0.102. The van der Waals surface area contributed by atoms with E-state index >= 15 is 0 Å². The van der Waals surface area contributed by atoms with Crippen LogP contribution in [-0.2, 0) is 6.42 Å². The molecule has 0 saturated heterocycles. The van der Waals surface area contributed by atoms with Gasteiger partial charge in [-0.05, 0) is 55.0 Å². The summed E-state index contributed by atoms with van der Waals surface area (Å²) in [6, 6.07) is 12.9. The minimum absolute atomic E-state index is 0.237. The molecule has 0 saturated carbocycles. The van der Waals surface area contributed by atoms with Crippen LogP contribution >= 0.6 is 22.9 Å². The van der Waals surface area contributed by atoms with Crippen LogP contribution in [0.5, 0.6) is 0 Å². The van der Waals surface area contributed by atoms with Gasteiger partial charge in [0.2, 0.25) is 0 Å². The smallest absolute Gasteiger partial charge is 0.257 e. The standard InChI is InChI=1S/C19H16ClFN2OS/c1-2-3-16-17(12-6-10-15(21)11-7-12)22-19(25-16)23-18(24)13-4-8-14(20)9-5-13/h4-11H,2-3H2,1H3,(H,22,23,24). The third-order valence-electron chi connectivity index (χ3n) is 3.62. The Morgan fingerprint density at radius 2 is 1.84 bits per heavy atom. The average molecular weight is 375 g/mol. The van der Waals surface area contributed by atoms with Crippen molar-refractivity contribution in [1.29, 1.82) is 0 Å². The number of anilines is 1. The molecule has 0 bridgehead atoms. The molecule has 3 aromatic rings. The molecule has 25 heavy (non-hydrogen) atoms. The summed E-state index contributed by atoms with van der Waals surface area (Å²) in [5.41, 5.74) is 2.14. The molecule has 2 aromatic carbocycles. The first-order valence-electron chi connectivity index (χ1n) is 7.89. The molecule has 1 aromatic heterocycles. The van der Waals surface area contributed by atoms with Gasteiger partial charge in [0, 0.05) is 21.0 Å². The summed E-state index contributed by atoms with van der Waals surface area (Å²) in [6.07, 6.45) is 1.81. The van der Waals surface area contributed by atoms with Gasteiger partial charge in [-0.15, -0.1) is 11.3 Å². The topological polar surface area (TPSA) is 42.0 Å². The van der Waals surface area contributed by atoms with E-state index in [1.807, 2.05) is 0 Å². The van der Waals surface area contributed by atoms with E-state index in [2.05, 4.69) is 17.2 Å². The molecule has 0 atom stereocenters. The van der Waals surface area contributed by atoms with Gasteiger partial charge >= 0.3 is 0 Å². The lowest BCUT2D eigenvalue weighted by Gasteiger charge is -2.01. The molecule has 0 aliphatic rings. The monoisotopic (exact) mass is 374 g/mol. The fraction of sp³-hybridized carbons (Fsp3) is 0.158. The zero-order valence-corrected chi connectivity index (χ0v) is 15.1. The molecular formula is C19H16ClFN2OS. The van der Waals surface area contributed by atoms with Gasteiger partial charge in [0.15, 0.2) is 5.13 Å². The van der Waals surface area contributed by atoms with Crippen molar-refractivity contribution in [2.45, 2.75) is 19.8 Å². The minimum Gasteiger partial charge on any atom is -0.298 e. The van der Waals surface area contributed by atoms with Crippen molar-refractivity contribution in [2.75, 3.05) is 5.32 Å². The average Bonchev–Trinajstić information content (AvgIpc) is 2.99. The van der Waals surface area contributed by atoms with Crippen LogP contribution < -0.4 is 5.32 Å². The summed E-state index contributed by atoms with van der Waals surface area (Å²) in [5.74, 6) is -0.522. The van der Waals surface area contributed by atoms with Crippen LogP contribution in [-0.4, -0.2) is 10.9 Å². The molecule has 0 spiro atoms. The Kier molecular flexibility index (Phi) is 5.46. The molecule has 0 unspecified atom stereocenters. The van der Waals surface area contributed by atoms with Gasteiger partial charge in [0.25, 0.3) is 5.91 Å². The third-order valence-corrected chi connectivity index (χ3v) is 4.90. The van der Waals surface area contributed by atoms with Gasteiger partial charge < -0.3 is 0 Å². The van der Waals surface area contributed by atoms with Gasteiger partial charge in [-0.25, -0.2) is 9.37 Å². The second-order valence-corrected chi connectivity index (χ2v) is 7.03. The molecule has 128 valence electrons. The highest BCUT2D eigenvalue weighted by molar-refractivity contribution is 7.16. The van der Waals surface area contributed by atoms with Crippen LogP contribution in [0.1, 0.15) is 28.6 Å². The minimum atomic E-state index is -0.285. The number of halogens is 2. The van der Waals surface area contributed by atoms with Crippen molar-refractivity contribution in [1.82, 2.24) is 4.98 Å². The molecule has 1 N–H and O–H groups in total. The van der Waals surface area contributed by atoms with Crippen molar-refractivity contribution in [3.8, 4) is 11.3 Å². The molecule has 0 radical (unpaired) electrons. The number of nitrogens with zero attached hydrogens (tertiary/aromatic N) is 1. The zero-order valence-electron chi connectivity index (χ0n) is 13.6. The van der Waals surface area contributed by atoms with Crippen LogP contribution in [0.15, 0.2) is 48.5 Å². The van der Waals surface area contributed by atoms with Crippen LogP contribution in [0.3, 0.4) is 0 Å². The molecule has 1 heterocycles. The lowest BCUT2D eigenvalue weighted by atomic mass is 10.1. The Bertz CT molecular complexity index is 875. The summed E-state index contributed by atoms with van der Waals surface area (Å²) < 4.78 is 13.2. The summed E-state index contributed by atoms with van der Waals surface area (Å²) >= 11 is 7.29. The molecule has 1 amide bonds. The fourth-order valence-corrected chi connectivity index (χ4v) is 3.61. The Morgan fingerprint density at radius 1 is 1.16 bits per heavy atom. The first-order chi connectivity index (χ1) is 12.1. The van der Waals surface area contributed by atoms with E-state index in [4.69, 9.17) is 11.6 Å². The fourth-order valence-electron chi connectivity index (χ4n) is 2.41. The van der Waals surface area contributed by atoms with Crippen molar-refractivity contribution in [3.63, 3.8) is 0 Å². The third kappa shape index (κ3) is 4.24. The second kappa shape index (κ2) is 7.76. The Labute approximate surface area is 154 Å². The van der Waals surface area contributed by atoms with E-state index in [9.17, 15) is 9.18 Å². The predicted molar refractivity (Wildman–Crippen MR) is 101 cm³/mol. The number of benzene rings is 2. The normalized spacial score (nSPS) is 10.7. The van der Waals surface area contributed by atoms with Gasteiger partial charge in [0.1, 0.15) is 5.82 Å². The van der Waals surface area contributed by atoms with Gasteiger partial charge in [-0.3, -0.25) is 10.1 Å². The number of hydrogen-bond acceptors (Lipinski definition) is 3. The van der Waals surface area contributed by atoms with Crippen molar-refractivity contribution < 1.29 is 9.18 Å². The van der Waals surface area contributed by atoms with Crippen molar-refractivity contribution in [2.24, 2.45) is 0 Å². The number of thiazole rings is 1. The van der Waals surface area contributed by atoms with Crippen LogP contribution in [0.2, 0.25) is 5.02 Å². The van der Waals surface area contributed by atoms with E-state index in [1.165, 1.54) is 23.5 Å². The molecule has 0 aliphatic heterocycles. The van der Waals surface area contributed by atoms with E-state index in [1.54, 1.807) is 36.4 Å². The second-order valence-electron chi connectivity index (χ2n) is 5.51. The number of rotatable bonds is 5. The maximum atomic E-state index is 13.2. The molecule has 3 nitrogen and oxygen atoms in total. The Balaban J connectivity index is 1.87. The van der Waals surface area contributed by atoms with Gasteiger partial charge in [0.05, 0.1) is 5.69 Å². The highest BCUT2D eigenvalue weighted by Crippen LogP contribution is 2.32. The zero-order chi connectivity index (χ0) is 17.8. The van der Waals surface area contributed by atoms with E-state index in [0.717, 1.165) is 29.0 Å². The number of aryl methyl sites for hydroxylation is 1. The highest BCUT2D eigenvalue weighted by Gasteiger charge is 2.15. The van der Waals surface area contributed by atoms with Crippen LogP contribution in [0, 0.1) is 5.82 Å². The van der Waals surface area contributed by atoms with Crippen LogP contribution in [0.25, 0.3) is 11.3 Å².